The van der Waals surface area contributed by atoms with E-state index < -0.39 is 33.6 Å². The Morgan fingerprint density at radius 1 is 1.00 bits per heavy atom. The lowest BCUT2D eigenvalue weighted by Crippen LogP contribution is -2.47. The molecule has 0 bridgehead atoms. The lowest BCUT2D eigenvalue weighted by molar-refractivity contribution is -0.136. The number of carbonyl (C=O) groups excluding carboxylic acids is 2. The summed E-state index contributed by atoms with van der Waals surface area (Å²) in [5.74, 6) is -0.509. The van der Waals surface area contributed by atoms with Crippen LogP contribution in [0.25, 0.3) is 0 Å². The first kappa shape index (κ1) is 24.1. The zero-order valence-electron chi connectivity index (χ0n) is 19.0. The normalized spacial score (nSPS) is 16.0. The second-order valence-electron chi connectivity index (χ2n) is 7.56. The molecular formula is C23H26N2O7S. The first-order valence-corrected chi connectivity index (χ1v) is 11.7. The average Bonchev–Trinajstić information content (AvgIpc) is 2.77. The summed E-state index contributed by atoms with van der Waals surface area (Å²) in [6.45, 7) is 3.56. The van der Waals surface area contributed by atoms with Gasteiger partial charge in [-0.3, -0.25) is 0 Å². The van der Waals surface area contributed by atoms with E-state index in [1.807, 2.05) is 6.92 Å². The number of sulfone groups is 1. The largest absolute Gasteiger partial charge is 0.493 e. The minimum absolute atomic E-state index is 0.0161. The van der Waals surface area contributed by atoms with Crippen molar-refractivity contribution in [3.05, 3.63) is 64.4 Å². The summed E-state index contributed by atoms with van der Waals surface area (Å²) in [6.07, 6.45) is 0. The number of benzene rings is 2. The third-order valence-electron chi connectivity index (χ3n) is 5.30. The van der Waals surface area contributed by atoms with E-state index in [-0.39, 0.29) is 16.2 Å². The van der Waals surface area contributed by atoms with Crippen LogP contribution in [0.2, 0.25) is 0 Å². The molecule has 2 aromatic carbocycles. The summed E-state index contributed by atoms with van der Waals surface area (Å²) < 4.78 is 42.0. The molecule has 33 heavy (non-hydrogen) atoms. The predicted molar refractivity (Wildman–Crippen MR) is 121 cm³/mol. The zero-order valence-corrected chi connectivity index (χ0v) is 19.8. The fraction of sp³-hybridized carbons (Fsp3) is 0.304. The van der Waals surface area contributed by atoms with Gasteiger partial charge in [0.1, 0.15) is 0 Å². The molecule has 9 nitrogen and oxygen atoms in total. The lowest BCUT2D eigenvalue weighted by atomic mass is 9.95. The molecule has 2 amide bonds. The number of aryl methyl sites for hydroxylation is 2. The van der Waals surface area contributed by atoms with E-state index in [0.717, 1.165) is 5.56 Å². The average molecular weight is 475 g/mol. The lowest BCUT2D eigenvalue weighted by Gasteiger charge is -2.29. The van der Waals surface area contributed by atoms with Gasteiger partial charge in [0, 0.05) is 5.70 Å². The van der Waals surface area contributed by atoms with Crippen LogP contribution in [0.15, 0.2) is 52.6 Å². The van der Waals surface area contributed by atoms with Crippen molar-refractivity contribution < 1.29 is 32.2 Å². The van der Waals surface area contributed by atoms with Gasteiger partial charge in [0.2, 0.25) is 0 Å². The number of hydrogen-bond donors (Lipinski definition) is 2. The van der Waals surface area contributed by atoms with Gasteiger partial charge in [-0.25, -0.2) is 18.0 Å². The van der Waals surface area contributed by atoms with Crippen molar-refractivity contribution >= 4 is 21.8 Å². The van der Waals surface area contributed by atoms with Crippen molar-refractivity contribution in [2.45, 2.75) is 24.8 Å². The molecule has 2 N–H and O–H groups in total. The van der Waals surface area contributed by atoms with Crippen LogP contribution >= 0.6 is 0 Å². The number of esters is 1. The molecule has 1 aliphatic heterocycles. The van der Waals surface area contributed by atoms with Gasteiger partial charge in [-0.05, 0) is 43.2 Å². The third-order valence-corrected chi connectivity index (χ3v) is 7.10. The fourth-order valence-electron chi connectivity index (χ4n) is 3.78. The molecule has 0 radical (unpaired) electrons. The van der Waals surface area contributed by atoms with Crippen molar-refractivity contribution in [3.63, 3.8) is 0 Å². The number of methoxy groups -OCH3 is 3. The van der Waals surface area contributed by atoms with E-state index in [1.165, 1.54) is 27.4 Å². The summed E-state index contributed by atoms with van der Waals surface area (Å²) in [6, 6.07) is 8.25. The summed E-state index contributed by atoms with van der Waals surface area (Å²) in [7, 11) is 0.246. The molecule has 1 unspecified atom stereocenters. The van der Waals surface area contributed by atoms with Crippen molar-refractivity contribution in [1.82, 2.24) is 10.6 Å². The number of urea groups is 1. The Morgan fingerprint density at radius 2 is 1.70 bits per heavy atom. The van der Waals surface area contributed by atoms with Gasteiger partial charge in [-0.2, -0.15) is 0 Å². The van der Waals surface area contributed by atoms with E-state index in [4.69, 9.17) is 14.2 Å². The van der Waals surface area contributed by atoms with Crippen LogP contribution in [0.1, 0.15) is 22.7 Å². The molecule has 0 aliphatic carbocycles. The maximum Gasteiger partial charge on any atom is 0.338 e. The number of rotatable bonds is 7. The molecule has 176 valence electrons. The molecule has 0 saturated heterocycles. The zero-order chi connectivity index (χ0) is 24.3. The Morgan fingerprint density at radius 3 is 2.30 bits per heavy atom. The molecule has 1 heterocycles. The second-order valence-corrected chi connectivity index (χ2v) is 9.52. The van der Waals surface area contributed by atoms with Gasteiger partial charge in [0.25, 0.3) is 0 Å². The molecule has 0 aromatic heterocycles. The Balaban J connectivity index is 2.13. The molecule has 0 saturated carbocycles. The molecule has 1 atom stereocenters. The molecule has 0 spiro atoms. The van der Waals surface area contributed by atoms with E-state index in [9.17, 15) is 18.0 Å². The number of ether oxygens (including phenoxy) is 3. The second kappa shape index (κ2) is 9.53. The number of nitrogens with one attached hydrogen (secondary N) is 2. The Kier molecular flexibility index (Phi) is 6.97. The Bertz CT molecular complexity index is 1240. The smallest absolute Gasteiger partial charge is 0.338 e. The summed E-state index contributed by atoms with van der Waals surface area (Å²) >= 11 is 0. The maximum absolute atomic E-state index is 13.2. The quantitative estimate of drug-likeness (QED) is 0.592. The molecule has 3 rings (SSSR count). The third kappa shape index (κ3) is 4.95. The van der Waals surface area contributed by atoms with Crippen molar-refractivity contribution in [2.24, 2.45) is 0 Å². The van der Waals surface area contributed by atoms with Crippen LogP contribution < -0.4 is 20.1 Å². The summed E-state index contributed by atoms with van der Waals surface area (Å²) in [5, 5.41) is 5.14. The highest BCUT2D eigenvalue weighted by atomic mass is 32.2. The Labute approximate surface area is 192 Å². The predicted octanol–water partition coefficient (Wildman–Crippen LogP) is 2.58. The van der Waals surface area contributed by atoms with Crippen molar-refractivity contribution in [1.29, 1.82) is 0 Å². The van der Waals surface area contributed by atoms with Crippen LogP contribution in [0.3, 0.4) is 0 Å². The molecule has 10 heteroatoms. The van der Waals surface area contributed by atoms with Gasteiger partial charge in [-0.15, -0.1) is 0 Å². The number of hydrogen-bond acceptors (Lipinski definition) is 7. The minimum atomic E-state index is -3.89. The van der Waals surface area contributed by atoms with E-state index in [2.05, 4.69) is 10.6 Å². The Hall–Kier alpha value is -3.53. The van der Waals surface area contributed by atoms with Crippen LogP contribution in [0.5, 0.6) is 11.5 Å². The van der Waals surface area contributed by atoms with Crippen molar-refractivity contribution in [3.8, 4) is 11.5 Å². The maximum atomic E-state index is 13.2. The number of carbonyl (C=O) groups is 2. The highest BCUT2D eigenvalue weighted by Gasteiger charge is 2.36. The van der Waals surface area contributed by atoms with E-state index >= 15 is 0 Å². The number of amides is 2. The van der Waals surface area contributed by atoms with Crippen LogP contribution in [0, 0.1) is 13.8 Å². The first-order valence-electron chi connectivity index (χ1n) is 10.0. The summed E-state index contributed by atoms with van der Waals surface area (Å²) in [4.78, 5) is 25.3. The minimum Gasteiger partial charge on any atom is -0.493 e. The van der Waals surface area contributed by atoms with Crippen LogP contribution in [-0.4, -0.2) is 47.5 Å². The topological polar surface area (TPSA) is 120 Å². The highest BCUT2D eigenvalue weighted by Crippen LogP contribution is 2.35. The van der Waals surface area contributed by atoms with Gasteiger partial charge in [0.05, 0.1) is 43.6 Å². The molecule has 1 aliphatic rings. The molecular weight excluding hydrogens is 448 g/mol. The highest BCUT2D eigenvalue weighted by molar-refractivity contribution is 7.91. The van der Waals surface area contributed by atoms with Gasteiger partial charge < -0.3 is 24.8 Å². The molecule has 2 aromatic rings. The van der Waals surface area contributed by atoms with Crippen LogP contribution in [0.4, 0.5) is 4.79 Å². The van der Waals surface area contributed by atoms with E-state index in [0.29, 0.717) is 22.6 Å². The van der Waals surface area contributed by atoms with E-state index in [1.54, 1.807) is 37.3 Å². The van der Waals surface area contributed by atoms with Gasteiger partial charge in [0.15, 0.2) is 21.3 Å². The van der Waals surface area contributed by atoms with Gasteiger partial charge >= 0.3 is 12.0 Å². The SMILES string of the molecule is COC(=O)C1=C(CS(=O)(=O)c2ccc(C)cc2C)NC(=O)NC1c1ccc(OC)c(OC)c1. The fourth-order valence-corrected chi connectivity index (χ4v) is 5.37. The molecule has 0 fully saturated rings. The summed E-state index contributed by atoms with van der Waals surface area (Å²) in [5.41, 5.74) is 1.92. The van der Waals surface area contributed by atoms with Crippen LogP contribution in [-0.2, 0) is 19.4 Å². The standard InChI is InChI=1S/C23H26N2O7S/c1-13-6-9-19(14(2)10-13)33(28,29)12-16-20(22(26)32-5)21(25-23(27)24-16)15-7-8-17(30-3)18(11-15)31-4/h6-11,21H,12H2,1-5H3,(H2,24,25,27). The van der Waals surface area contributed by atoms with Gasteiger partial charge in [-0.1, -0.05) is 23.8 Å². The first-order chi connectivity index (χ1) is 15.6. The van der Waals surface area contributed by atoms with Crippen molar-refractivity contribution in [2.75, 3.05) is 27.1 Å². The monoisotopic (exact) mass is 474 g/mol.